The molecule has 14 heavy (non-hydrogen) atoms. The van der Waals surface area contributed by atoms with Crippen LogP contribution in [0.25, 0.3) is 0 Å². The van der Waals surface area contributed by atoms with Crippen molar-refractivity contribution in [1.82, 2.24) is 0 Å². The molecule has 1 rings (SSSR count). The lowest BCUT2D eigenvalue weighted by molar-refractivity contribution is -0.136. The molecule has 76 valence electrons. The van der Waals surface area contributed by atoms with E-state index >= 15 is 0 Å². The third-order valence-electron chi connectivity index (χ3n) is 1.85. The van der Waals surface area contributed by atoms with Crippen LogP contribution in [0.2, 0.25) is 5.02 Å². The number of hydrogen-bond acceptors (Lipinski definition) is 2. The lowest BCUT2D eigenvalue weighted by Crippen LogP contribution is -2.07. The van der Waals surface area contributed by atoms with E-state index in [1.165, 1.54) is 0 Å². The summed E-state index contributed by atoms with van der Waals surface area (Å²) in [6.45, 7) is 2.29. The molecule has 0 fully saturated rings. The first-order valence-electron chi connectivity index (χ1n) is 4.32. The van der Waals surface area contributed by atoms with Crippen LogP contribution in [0.3, 0.4) is 0 Å². The highest BCUT2D eigenvalue weighted by atomic mass is 35.5. The monoisotopic (exact) mass is 213 g/mol. The molecule has 0 atom stereocenters. The number of aryl methyl sites for hydroxylation is 1. The van der Waals surface area contributed by atoms with Crippen molar-refractivity contribution in [1.29, 1.82) is 0 Å². The molecule has 0 bridgehead atoms. The van der Waals surface area contributed by atoms with E-state index in [9.17, 15) is 4.79 Å². The molecule has 0 amide bonds. The van der Waals surface area contributed by atoms with Crippen LogP contribution >= 0.6 is 11.6 Å². The number of nitrogens with one attached hydrogen (secondary N) is 1. The molecule has 1 aromatic rings. The van der Waals surface area contributed by atoms with Crippen molar-refractivity contribution in [3.05, 3.63) is 28.8 Å². The molecule has 0 heterocycles. The van der Waals surface area contributed by atoms with Crippen molar-refractivity contribution >= 4 is 23.3 Å². The molecule has 1 aromatic carbocycles. The highest BCUT2D eigenvalue weighted by Gasteiger charge is 2.02. The Morgan fingerprint density at radius 2 is 2.29 bits per heavy atom. The van der Waals surface area contributed by atoms with Crippen LogP contribution in [0.4, 0.5) is 5.69 Å². The van der Waals surface area contributed by atoms with E-state index < -0.39 is 5.97 Å². The Morgan fingerprint density at radius 3 is 2.93 bits per heavy atom. The van der Waals surface area contributed by atoms with Gasteiger partial charge >= 0.3 is 5.97 Å². The minimum absolute atomic E-state index is 0.0876. The fourth-order valence-corrected chi connectivity index (χ4v) is 1.28. The fraction of sp³-hybridized carbons (Fsp3) is 0.300. The molecule has 0 aliphatic heterocycles. The summed E-state index contributed by atoms with van der Waals surface area (Å²) in [5, 5.41) is 12.1. The highest BCUT2D eigenvalue weighted by Crippen LogP contribution is 2.24. The molecule has 0 saturated heterocycles. The summed E-state index contributed by atoms with van der Waals surface area (Å²) in [5.74, 6) is -0.818. The van der Waals surface area contributed by atoms with Crippen molar-refractivity contribution in [3.63, 3.8) is 0 Å². The number of carboxylic acids is 1. The van der Waals surface area contributed by atoms with Gasteiger partial charge < -0.3 is 10.4 Å². The summed E-state index contributed by atoms with van der Waals surface area (Å²) in [5.41, 5.74) is 1.76. The molecular weight excluding hydrogens is 202 g/mol. The average molecular weight is 214 g/mol. The maximum absolute atomic E-state index is 10.3. The van der Waals surface area contributed by atoms with Crippen LogP contribution in [-0.2, 0) is 4.79 Å². The van der Waals surface area contributed by atoms with Crippen LogP contribution in [0.5, 0.6) is 0 Å². The number of halogens is 1. The molecule has 0 aliphatic rings. The van der Waals surface area contributed by atoms with Crippen molar-refractivity contribution in [2.75, 3.05) is 11.9 Å². The van der Waals surface area contributed by atoms with Crippen LogP contribution in [-0.4, -0.2) is 17.6 Å². The number of rotatable bonds is 4. The zero-order chi connectivity index (χ0) is 10.6. The Bertz CT molecular complexity index is 339. The lowest BCUT2D eigenvalue weighted by atomic mass is 10.2. The van der Waals surface area contributed by atoms with E-state index in [0.717, 1.165) is 11.3 Å². The van der Waals surface area contributed by atoms with Gasteiger partial charge in [0.15, 0.2) is 0 Å². The van der Waals surface area contributed by atoms with E-state index in [2.05, 4.69) is 5.32 Å². The second kappa shape index (κ2) is 4.86. The van der Waals surface area contributed by atoms with Gasteiger partial charge in [-0.3, -0.25) is 4.79 Å². The van der Waals surface area contributed by atoms with E-state index in [1.807, 2.05) is 25.1 Å². The number of anilines is 1. The molecule has 0 aromatic heterocycles. The number of aliphatic carboxylic acids is 1. The van der Waals surface area contributed by atoms with Gasteiger partial charge in [-0.25, -0.2) is 0 Å². The third kappa shape index (κ3) is 2.92. The Labute approximate surface area is 87.7 Å². The summed E-state index contributed by atoms with van der Waals surface area (Å²) in [6.07, 6.45) is 0.0876. The number of benzene rings is 1. The van der Waals surface area contributed by atoms with Crippen molar-refractivity contribution in [2.24, 2.45) is 0 Å². The van der Waals surface area contributed by atoms with Gasteiger partial charge in [-0.05, 0) is 18.6 Å². The molecule has 0 unspecified atom stereocenters. The van der Waals surface area contributed by atoms with E-state index in [1.54, 1.807) is 0 Å². The van der Waals surface area contributed by atoms with Crippen LogP contribution in [0, 0.1) is 6.92 Å². The smallest absolute Gasteiger partial charge is 0.305 e. The van der Waals surface area contributed by atoms with E-state index in [-0.39, 0.29) is 6.42 Å². The molecular formula is C10H12ClNO2. The topological polar surface area (TPSA) is 49.3 Å². The first-order valence-corrected chi connectivity index (χ1v) is 4.70. The number of carboxylic acid groups (broad SMARTS) is 1. The summed E-state index contributed by atoms with van der Waals surface area (Å²) in [4.78, 5) is 10.3. The van der Waals surface area contributed by atoms with Gasteiger partial charge in [-0.1, -0.05) is 23.7 Å². The zero-order valence-corrected chi connectivity index (χ0v) is 8.64. The maximum Gasteiger partial charge on any atom is 0.305 e. The zero-order valence-electron chi connectivity index (χ0n) is 7.88. The quantitative estimate of drug-likeness (QED) is 0.808. The summed E-state index contributed by atoms with van der Waals surface area (Å²) >= 11 is 6.00. The minimum Gasteiger partial charge on any atom is -0.481 e. The Hall–Kier alpha value is -1.22. The van der Waals surface area contributed by atoms with Crippen molar-refractivity contribution < 1.29 is 9.90 Å². The van der Waals surface area contributed by atoms with Gasteiger partial charge in [0.05, 0.1) is 17.1 Å². The fourth-order valence-electron chi connectivity index (χ4n) is 1.09. The van der Waals surface area contributed by atoms with Crippen LogP contribution in [0.1, 0.15) is 12.0 Å². The van der Waals surface area contributed by atoms with Crippen molar-refractivity contribution in [2.45, 2.75) is 13.3 Å². The van der Waals surface area contributed by atoms with Gasteiger partial charge in [-0.15, -0.1) is 0 Å². The second-order valence-electron chi connectivity index (χ2n) is 3.01. The Morgan fingerprint density at radius 1 is 1.57 bits per heavy atom. The first-order chi connectivity index (χ1) is 6.61. The van der Waals surface area contributed by atoms with Crippen LogP contribution < -0.4 is 5.32 Å². The molecule has 3 nitrogen and oxygen atoms in total. The molecule has 2 N–H and O–H groups in total. The molecule has 4 heteroatoms. The summed E-state index contributed by atoms with van der Waals surface area (Å²) < 4.78 is 0. The summed E-state index contributed by atoms with van der Waals surface area (Å²) in [6, 6.07) is 5.62. The standard InChI is InChI=1S/C10H12ClNO2/c1-7-3-2-4-8(10(7)11)12-6-5-9(13)14/h2-4,12H,5-6H2,1H3,(H,13,14). The predicted molar refractivity (Wildman–Crippen MR) is 56.9 cm³/mol. The van der Waals surface area contributed by atoms with Gasteiger partial charge in [0.1, 0.15) is 0 Å². The SMILES string of the molecule is Cc1cccc(NCCC(=O)O)c1Cl. The van der Waals surface area contributed by atoms with Crippen LogP contribution in [0.15, 0.2) is 18.2 Å². The third-order valence-corrected chi connectivity index (χ3v) is 2.35. The molecule has 0 radical (unpaired) electrons. The number of hydrogen-bond donors (Lipinski definition) is 2. The van der Waals surface area contributed by atoms with E-state index in [4.69, 9.17) is 16.7 Å². The maximum atomic E-state index is 10.3. The number of carbonyl (C=O) groups is 1. The van der Waals surface area contributed by atoms with Gasteiger partial charge in [0.25, 0.3) is 0 Å². The molecule has 0 aliphatic carbocycles. The predicted octanol–water partition coefficient (Wildman–Crippen LogP) is 2.54. The van der Waals surface area contributed by atoms with E-state index in [0.29, 0.717) is 11.6 Å². The highest BCUT2D eigenvalue weighted by molar-refractivity contribution is 6.33. The minimum atomic E-state index is -0.818. The first kappa shape index (κ1) is 10.9. The summed E-state index contributed by atoms with van der Waals surface area (Å²) in [7, 11) is 0. The van der Waals surface area contributed by atoms with Gasteiger partial charge in [0, 0.05) is 6.54 Å². The van der Waals surface area contributed by atoms with Gasteiger partial charge in [-0.2, -0.15) is 0 Å². The van der Waals surface area contributed by atoms with Gasteiger partial charge in [0.2, 0.25) is 0 Å². The molecule has 0 spiro atoms. The van der Waals surface area contributed by atoms with Crippen molar-refractivity contribution in [3.8, 4) is 0 Å². The average Bonchev–Trinajstić information content (AvgIpc) is 2.12. The largest absolute Gasteiger partial charge is 0.481 e. The molecule has 0 saturated carbocycles. The normalized spacial score (nSPS) is 9.86. The Balaban J connectivity index is 2.59. The Kier molecular flexibility index (Phi) is 3.77. The lowest BCUT2D eigenvalue weighted by Gasteiger charge is -2.08. The second-order valence-corrected chi connectivity index (χ2v) is 3.38.